The number of hydrogen-bond acceptors (Lipinski definition) is 4. The predicted molar refractivity (Wildman–Crippen MR) is 45.6 cm³/mol. The molecule has 0 unspecified atom stereocenters. The normalized spacial score (nSPS) is 7.54. The van der Waals surface area contributed by atoms with Gasteiger partial charge in [-0.2, -0.15) is 0 Å². The van der Waals surface area contributed by atoms with Gasteiger partial charge in [0.1, 0.15) is 0 Å². The number of aliphatic carboxylic acids is 2. The second-order valence-electron chi connectivity index (χ2n) is 2.24. The maximum atomic E-state index is 9.49. The smallest absolute Gasteiger partial charge is 0.550 e. The van der Waals surface area contributed by atoms with Crippen molar-refractivity contribution < 1.29 is 19.8 Å². The number of carbonyl (C=O) groups is 2. The Kier molecular flexibility index (Phi) is 20.3. The van der Waals surface area contributed by atoms with Crippen LogP contribution in [0.3, 0.4) is 0 Å². The fourth-order valence-corrected chi connectivity index (χ4v) is 0.408. The second kappa shape index (κ2) is 14.3. The molecule has 0 aromatic rings. The number of carbonyl (C=O) groups excluding carboxylic acids is 2. The Morgan fingerprint density at radius 3 is 1.15 bits per heavy atom. The van der Waals surface area contributed by atoms with Crippen LogP contribution in [0.4, 0.5) is 0 Å². The standard InChI is InChI=1S/2C4H8O2.Te/c2*1-2-3-4(5)6;/h2*2-3H2,1H3,(H,5,6);/q;;+2/p-2. The largest absolute Gasteiger partial charge is 2.00 e. The number of carboxylic acids is 2. The molecule has 0 atom stereocenters. The van der Waals surface area contributed by atoms with E-state index in [1.165, 1.54) is 0 Å². The van der Waals surface area contributed by atoms with Gasteiger partial charge in [0.2, 0.25) is 0 Å². The van der Waals surface area contributed by atoms with E-state index in [0.717, 1.165) is 0 Å². The van der Waals surface area contributed by atoms with Crippen LogP contribution in [0.2, 0.25) is 0 Å². The zero-order chi connectivity index (χ0) is 9.98. The molecular formula is C8H14O4Te. The van der Waals surface area contributed by atoms with Crippen molar-refractivity contribution in [3.8, 4) is 0 Å². The van der Waals surface area contributed by atoms with Gasteiger partial charge in [0.25, 0.3) is 0 Å². The monoisotopic (exact) mass is 304 g/mol. The molecule has 0 bridgehead atoms. The molecule has 76 valence electrons. The molecule has 0 saturated heterocycles. The van der Waals surface area contributed by atoms with Gasteiger partial charge in [-0.05, 0) is 12.8 Å². The maximum Gasteiger partial charge on any atom is 2.00 e. The van der Waals surface area contributed by atoms with Crippen LogP contribution in [0.25, 0.3) is 0 Å². The van der Waals surface area contributed by atoms with Crippen LogP contribution < -0.4 is 10.2 Å². The van der Waals surface area contributed by atoms with Crippen molar-refractivity contribution in [3.05, 3.63) is 0 Å². The Labute approximate surface area is 95.1 Å². The molecule has 0 aliphatic heterocycles. The van der Waals surface area contributed by atoms with Gasteiger partial charge in [-0.3, -0.25) is 0 Å². The van der Waals surface area contributed by atoms with Gasteiger partial charge in [0.05, 0.1) is 0 Å². The maximum absolute atomic E-state index is 9.49. The van der Waals surface area contributed by atoms with E-state index in [0.29, 0.717) is 12.8 Å². The van der Waals surface area contributed by atoms with Crippen LogP contribution in [-0.4, -0.2) is 35.6 Å². The molecule has 0 aromatic heterocycles. The Hall–Kier alpha value is -0.270. The van der Waals surface area contributed by atoms with Gasteiger partial charge in [-0.1, -0.05) is 26.7 Å². The van der Waals surface area contributed by atoms with Crippen LogP contribution in [-0.2, 0) is 9.59 Å². The average molecular weight is 302 g/mol. The number of carboxylic acid groups (broad SMARTS) is 2. The molecule has 0 aliphatic rings. The Bertz CT molecular complexity index is 120. The fourth-order valence-electron chi connectivity index (χ4n) is 0.408. The summed E-state index contributed by atoms with van der Waals surface area (Å²) in [6.07, 6.45) is 1.70. The van der Waals surface area contributed by atoms with Crippen molar-refractivity contribution in [2.24, 2.45) is 0 Å². The first-order chi connectivity index (χ1) is 5.54. The summed E-state index contributed by atoms with van der Waals surface area (Å²) in [4.78, 5) is 19.0. The summed E-state index contributed by atoms with van der Waals surface area (Å²) in [7, 11) is 0. The van der Waals surface area contributed by atoms with E-state index < -0.39 is 11.9 Å². The van der Waals surface area contributed by atoms with Gasteiger partial charge in [-0.15, -0.1) is 0 Å². The quantitative estimate of drug-likeness (QED) is 0.604. The average Bonchev–Trinajstić information content (AvgIpc) is 1.87. The second-order valence-corrected chi connectivity index (χ2v) is 2.24. The molecule has 0 aromatic carbocycles. The third kappa shape index (κ3) is 33.8. The molecule has 5 heteroatoms. The molecule has 0 N–H and O–H groups in total. The third-order valence-corrected chi connectivity index (χ3v) is 0.908. The molecule has 0 fully saturated rings. The van der Waals surface area contributed by atoms with E-state index in [1.807, 2.05) is 0 Å². The molecule has 13 heavy (non-hydrogen) atoms. The molecule has 0 heterocycles. The minimum absolute atomic E-state index is 0. The first-order valence-corrected chi connectivity index (χ1v) is 3.94. The molecule has 4 radical (unpaired) electrons. The predicted octanol–water partition coefficient (Wildman–Crippen LogP) is -1.31. The number of rotatable bonds is 4. The van der Waals surface area contributed by atoms with Crippen LogP contribution in [0.5, 0.6) is 0 Å². The van der Waals surface area contributed by atoms with E-state index in [2.05, 4.69) is 0 Å². The summed E-state index contributed by atoms with van der Waals surface area (Å²) in [5, 5.41) is 19.0. The summed E-state index contributed by atoms with van der Waals surface area (Å²) < 4.78 is 0. The molecule has 0 rings (SSSR count). The molecule has 4 nitrogen and oxygen atoms in total. The zero-order valence-electron chi connectivity index (χ0n) is 7.87. The van der Waals surface area contributed by atoms with Gasteiger partial charge in [0.15, 0.2) is 0 Å². The third-order valence-electron chi connectivity index (χ3n) is 0.908. The minimum atomic E-state index is -0.961. The summed E-state index contributed by atoms with van der Waals surface area (Å²) in [5.41, 5.74) is 0. The summed E-state index contributed by atoms with van der Waals surface area (Å²) in [5.74, 6) is -1.92. The first kappa shape index (κ1) is 18.5. The molecule has 0 amide bonds. The molecular weight excluding hydrogens is 288 g/mol. The van der Waals surface area contributed by atoms with E-state index in [1.54, 1.807) is 13.8 Å². The SMILES string of the molecule is CCCC(=O)[O-].CCCC(=O)[O-].[Te+2]. The van der Waals surface area contributed by atoms with Crippen LogP contribution in [0.1, 0.15) is 39.5 Å². The van der Waals surface area contributed by atoms with Crippen molar-refractivity contribution in [3.63, 3.8) is 0 Å². The van der Waals surface area contributed by atoms with E-state index >= 15 is 0 Å². The van der Waals surface area contributed by atoms with Crippen molar-refractivity contribution >= 4 is 35.6 Å². The molecule has 0 aliphatic carbocycles. The first-order valence-electron chi connectivity index (χ1n) is 3.94. The van der Waals surface area contributed by atoms with Gasteiger partial charge < -0.3 is 19.8 Å². The van der Waals surface area contributed by atoms with Gasteiger partial charge in [-0.25, -0.2) is 0 Å². The summed E-state index contributed by atoms with van der Waals surface area (Å²) >= 11 is 0. The Balaban J connectivity index is -0.000000143. The van der Waals surface area contributed by atoms with Crippen molar-refractivity contribution in [2.45, 2.75) is 39.5 Å². The Morgan fingerprint density at radius 1 is 0.923 bits per heavy atom. The van der Waals surface area contributed by atoms with Crippen molar-refractivity contribution in [2.75, 3.05) is 0 Å². The summed E-state index contributed by atoms with van der Waals surface area (Å²) in [6, 6.07) is 0. The van der Waals surface area contributed by atoms with E-state index in [-0.39, 0.29) is 36.5 Å². The summed E-state index contributed by atoms with van der Waals surface area (Å²) in [6.45, 7) is 3.60. The fraction of sp³-hybridized carbons (Fsp3) is 0.750. The van der Waals surface area contributed by atoms with Crippen LogP contribution in [0.15, 0.2) is 0 Å². The minimum Gasteiger partial charge on any atom is -0.550 e. The van der Waals surface area contributed by atoms with Crippen LogP contribution in [0, 0.1) is 0 Å². The molecule has 0 spiro atoms. The van der Waals surface area contributed by atoms with Gasteiger partial charge >= 0.3 is 23.7 Å². The number of hydrogen-bond donors (Lipinski definition) is 0. The van der Waals surface area contributed by atoms with E-state index in [9.17, 15) is 19.8 Å². The molecule has 0 saturated carbocycles. The van der Waals surface area contributed by atoms with Gasteiger partial charge in [0, 0.05) is 11.9 Å². The van der Waals surface area contributed by atoms with E-state index in [4.69, 9.17) is 0 Å². The zero-order valence-corrected chi connectivity index (χ0v) is 10.2. The van der Waals surface area contributed by atoms with Crippen molar-refractivity contribution in [1.29, 1.82) is 0 Å². The topological polar surface area (TPSA) is 80.3 Å². The van der Waals surface area contributed by atoms with Crippen LogP contribution >= 0.6 is 0 Å². The Morgan fingerprint density at radius 2 is 1.15 bits per heavy atom. The van der Waals surface area contributed by atoms with Crippen molar-refractivity contribution in [1.82, 2.24) is 0 Å².